The van der Waals surface area contributed by atoms with Gasteiger partial charge in [0.1, 0.15) is 11.5 Å². The summed E-state index contributed by atoms with van der Waals surface area (Å²) < 4.78 is 11.2. The van der Waals surface area contributed by atoms with E-state index in [1.165, 1.54) is 13.0 Å². The molecule has 158 valence electrons. The molecule has 0 amide bonds. The molecule has 3 aromatic carbocycles. The van der Waals surface area contributed by atoms with E-state index in [1.807, 2.05) is 0 Å². The van der Waals surface area contributed by atoms with Gasteiger partial charge in [-0.1, -0.05) is 23.7 Å². The van der Waals surface area contributed by atoms with Crippen LogP contribution >= 0.6 is 11.6 Å². The number of hydrogen-bond acceptors (Lipinski definition) is 5. The molecule has 3 rings (SSSR count). The number of esters is 1. The van der Waals surface area contributed by atoms with Crippen molar-refractivity contribution in [2.24, 2.45) is 0 Å². The molecule has 0 spiro atoms. The van der Waals surface area contributed by atoms with Crippen LogP contribution in [-0.4, -0.2) is 23.1 Å². The molecule has 0 heterocycles. The summed E-state index contributed by atoms with van der Waals surface area (Å²) in [5.74, 6) is -0.214. The topological polar surface area (TPSA) is 69.7 Å². The maximum absolute atomic E-state index is 12.6. The summed E-state index contributed by atoms with van der Waals surface area (Å²) in [7, 11) is 0. The van der Waals surface area contributed by atoms with E-state index in [1.54, 1.807) is 80.6 Å². The second kappa shape index (κ2) is 9.14. The van der Waals surface area contributed by atoms with Gasteiger partial charge in [-0.25, -0.2) is 4.79 Å². The lowest BCUT2D eigenvalue weighted by molar-refractivity contribution is -0.149. The van der Waals surface area contributed by atoms with Crippen molar-refractivity contribution in [3.8, 4) is 11.5 Å². The average Bonchev–Trinajstić information content (AvgIpc) is 2.74. The minimum atomic E-state index is -1.30. The fourth-order valence-electron chi connectivity index (χ4n) is 2.79. The smallest absolute Gasteiger partial charge is 0.355 e. The summed E-state index contributed by atoms with van der Waals surface area (Å²) in [6.45, 7) is 4.60. The Labute approximate surface area is 185 Å². The van der Waals surface area contributed by atoms with Gasteiger partial charge in [-0.15, -0.1) is 0 Å². The van der Waals surface area contributed by atoms with Crippen LogP contribution in [0.5, 0.6) is 11.5 Å². The molecule has 3 aromatic rings. The molecule has 0 atom stereocenters. The maximum atomic E-state index is 12.6. The van der Waals surface area contributed by atoms with Crippen LogP contribution in [0.15, 0.2) is 72.8 Å². The zero-order chi connectivity index (χ0) is 22.6. The fourth-order valence-corrected chi connectivity index (χ4v) is 2.91. The Kier molecular flexibility index (Phi) is 6.56. The third-order valence-corrected chi connectivity index (χ3v) is 4.79. The lowest BCUT2D eigenvalue weighted by Gasteiger charge is -2.24. The number of Topliss-reactive ketones (excluding diaryl/α,β-unsaturated/α-hetero) is 1. The molecule has 0 radical (unpaired) electrons. The first-order valence-electron chi connectivity index (χ1n) is 9.58. The van der Waals surface area contributed by atoms with Crippen LogP contribution in [-0.2, 0) is 4.79 Å². The number of benzene rings is 3. The first kappa shape index (κ1) is 22.2. The van der Waals surface area contributed by atoms with E-state index < -0.39 is 11.6 Å². The summed E-state index contributed by atoms with van der Waals surface area (Å²) in [4.78, 5) is 36.7. The molecule has 0 bridgehead atoms. The lowest BCUT2D eigenvalue weighted by Crippen LogP contribution is -2.41. The predicted molar refractivity (Wildman–Crippen MR) is 118 cm³/mol. The normalized spacial score (nSPS) is 11.0. The highest BCUT2D eigenvalue weighted by Gasteiger charge is 2.32. The Morgan fingerprint density at radius 2 is 1.35 bits per heavy atom. The van der Waals surface area contributed by atoms with E-state index in [2.05, 4.69) is 0 Å². The monoisotopic (exact) mass is 436 g/mol. The van der Waals surface area contributed by atoms with Gasteiger partial charge in [-0.2, -0.15) is 0 Å². The third-order valence-electron chi connectivity index (χ3n) is 4.54. The number of carbonyl (C=O) groups is 3. The predicted octanol–water partition coefficient (Wildman–Crippen LogP) is 5.54. The second-order valence-corrected chi connectivity index (χ2v) is 7.88. The minimum Gasteiger partial charge on any atom is -0.476 e. The second-order valence-electron chi connectivity index (χ2n) is 7.45. The molecule has 0 aliphatic carbocycles. The fraction of sp³-hybridized carbons (Fsp3) is 0.160. The first-order valence-corrected chi connectivity index (χ1v) is 9.96. The Hall–Kier alpha value is -3.44. The number of hydrogen-bond donors (Lipinski definition) is 0. The van der Waals surface area contributed by atoms with Gasteiger partial charge in [-0.05, 0) is 81.4 Å². The molecule has 0 aliphatic rings. The molecule has 0 saturated carbocycles. The van der Waals surface area contributed by atoms with E-state index in [0.717, 1.165) is 0 Å². The summed E-state index contributed by atoms with van der Waals surface area (Å²) in [6.07, 6.45) is 0. The van der Waals surface area contributed by atoms with Crippen molar-refractivity contribution in [2.45, 2.75) is 26.4 Å². The number of rotatable bonds is 7. The van der Waals surface area contributed by atoms with Gasteiger partial charge in [0.25, 0.3) is 0 Å². The van der Waals surface area contributed by atoms with E-state index in [9.17, 15) is 14.4 Å². The first-order chi connectivity index (χ1) is 14.7. The molecular formula is C25H21ClO5. The summed E-state index contributed by atoms with van der Waals surface area (Å²) in [5.41, 5.74) is 0.157. The van der Waals surface area contributed by atoms with Crippen LogP contribution in [0.2, 0.25) is 5.02 Å². The van der Waals surface area contributed by atoms with Crippen molar-refractivity contribution in [3.63, 3.8) is 0 Å². The molecule has 0 aliphatic heterocycles. The number of carbonyl (C=O) groups excluding carboxylic acids is 3. The summed E-state index contributed by atoms with van der Waals surface area (Å²) in [5, 5.41) is 0.558. The Morgan fingerprint density at radius 3 is 1.94 bits per heavy atom. The van der Waals surface area contributed by atoms with Gasteiger partial charge >= 0.3 is 5.97 Å². The zero-order valence-electron chi connectivity index (χ0n) is 17.3. The van der Waals surface area contributed by atoms with E-state index in [0.29, 0.717) is 27.5 Å². The molecule has 31 heavy (non-hydrogen) atoms. The highest BCUT2D eigenvalue weighted by molar-refractivity contribution is 6.30. The van der Waals surface area contributed by atoms with Crippen LogP contribution < -0.4 is 9.47 Å². The Balaban J connectivity index is 1.68. The molecule has 6 heteroatoms. The Bertz CT molecular complexity index is 1120. The van der Waals surface area contributed by atoms with Crippen LogP contribution in [0.3, 0.4) is 0 Å². The maximum Gasteiger partial charge on any atom is 0.355 e. The van der Waals surface area contributed by atoms with Crippen LogP contribution in [0.1, 0.15) is 47.1 Å². The van der Waals surface area contributed by atoms with Crippen molar-refractivity contribution in [2.75, 3.05) is 0 Å². The number of halogens is 1. The standard InChI is InChI=1S/C25H21ClO5/c1-16(27)19-5-4-6-22(15-19)30-24(29)25(2,3)31-21-13-9-18(10-14-21)23(28)17-7-11-20(26)12-8-17/h4-15H,1-3H3. The van der Waals surface area contributed by atoms with Crippen LogP contribution in [0.4, 0.5) is 0 Å². The van der Waals surface area contributed by atoms with E-state index in [4.69, 9.17) is 21.1 Å². The van der Waals surface area contributed by atoms with Gasteiger partial charge in [0.05, 0.1) is 0 Å². The number of ketones is 2. The third kappa shape index (κ3) is 5.58. The Morgan fingerprint density at radius 1 is 0.774 bits per heavy atom. The molecule has 0 fully saturated rings. The van der Waals surface area contributed by atoms with Crippen LogP contribution in [0, 0.1) is 0 Å². The molecule has 0 saturated heterocycles. The minimum absolute atomic E-state index is 0.123. The molecule has 5 nitrogen and oxygen atoms in total. The quantitative estimate of drug-likeness (QED) is 0.276. The molecule has 0 aromatic heterocycles. The van der Waals surface area contributed by atoms with Crippen molar-refractivity contribution in [1.29, 1.82) is 0 Å². The molecule has 0 unspecified atom stereocenters. The van der Waals surface area contributed by atoms with E-state index >= 15 is 0 Å². The number of ether oxygens (including phenoxy) is 2. The lowest BCUT2D eigenvalue weighted by atomic mass is 10.0. The van der Waals surface area contributed by atoms with Gasteiger partial charge < -0.3 is 9.47 Å². The van der Waals surface area contributed by atoms with Gasteiger partial charge in [-0.3, -0.25) is 9.59 Å². The van der Waals surface area contributed by atoms with E-state index in [-0.39, 0.29) is 17.3 Å². The SMILES string of the molecule is CC(=O)c1cccc(OC(=O)C(C)(C)Oc2ccc(C(=O)c3ccc(Cl)cc3)cc2)c1. The van der Waals surface area contributed by atoms with Crippen molar-refractivity contribution < 1.29 is 23.9 Å². The van der Waals surface area contributed by atoms with Crippen LogP contribution in [0.25, 0.3) is 0 Å². The molecule has 0 N–H and O–H groups in total. The van der Waals surface area contributed by atoms with Crippen molar-refractivity contribution in [1.82, 2.24) is 0 Å². The zero-order valence-corrected chi connectivity index (χ0v) is 18.1. The van der Waals surface area contributed by atoms with Crippen molar-refractivity contribution >= 4 is 29.1 Å². The highest BCUT2D eigenvalue weighted by atomic mass is 35.5. The average molecular weight is 437 g/mol. The van der Waals surface area contributed by atoms with Gasteiger partial charge in [0.2, 0.25) is 5.60 Å². The van der Waals surface area contributed by atoms with Gasteiger partial charge in [0.15, 0.2) is 11.6 Å². The summed E-state index contributed by atoms with van der Waals surface area (Å²) >= 11 is 5.86. The highest BCUT2D eigenvalue weighted by Crippen LogP contribution is 2.23. The molecular weight excluding hydrogens is 416 g/mol. The summed E-state index contributed by atoms with van der Waals surface area (Å²) in [6, 6.07) is 19.5. The largest absolute Gasteiger partial charge is 0.476 e. The van der Waals surface area contributed by atoms with Gasteiger partial charge in [0, 0.05) is 21.7 Å². The van der Waals surface area contributed by atoms with Crippen molar-refractivity contribution in [3.05, 3.63) is 94.5 Å².